The van der Waals surface area contributed by atoms with E-state index >= 15 is 0 Å². The van der Waals surface area contributed by atoms with Crippen molar-refractivity contribution in [3.05, 3.63) is 89.9 Å². The van der Waals surface area contributed by atoms with Gasteiger partial charge in [0.15, 0.2) is 0 Å². The lowest BCUT2D eigenvalue weighted by Gasteiger charge is -2.20. The third-order valence-electron chi connectivity index (χ3n) is 6.20. The van der Waals surface area contributed by atoms with E-state index in [9.17, 15) is 26.3 Å². The van der Waals surface area contributed by atoms with Crippen LogP contribution in [0.15, 0.2) is 72.9 Å². The fourth-order valence-electron chi connectivity index (χ4n) is 4.26. The number of rotatable bonds is 9. The number of fused-ring (bicyclic) bond motifs is 1. The number of hydrogen-bond donors (Lipinski definition) is 1. The molecular weight excluding hydrogens is 532 g/mol. The molecule has 4 rings (SSSR count). The molecule has 11 heteroatoms. The number of nitrogens with one attached hydrogen (secondary N) is 1. The number of pyridine rings is 1. The number of halogens is 6. The third kappa shape index (κ3) is 6.95. The maximum Gasteiger partial charge on any atom is 0.418 e. The van der Waals surface area contributed by atoms with Crippen LogP contribution in [-0.2, 0) is 18.8 Å². The molecule has 0 atom stereocenters. The lowest BCUT2D eigenvalue weighted by Crippen LogP contribution is -2.27. The summed E-state index contributed by atoms with van der Waals surface area (Å²) in [6.07, 6.45) is -7.35. The topological polar surface area (TPSA) is 53.9 Å². The fraction of sp³-hybridized carbons (Fsp3) is 0.276. The minimum Gasteiger partial charge on any atom is -0.340 e. The molecule has 0 aliphatic rings. The summed E-state index contributed by atoms with van der Waals surface area (Å²) >= 11 is 0. The fourth-order valence-corrected chi connectivity index (χ4v) is 4.26. The number of aromatic nitrogens is 3. The molecule has 0 spiro atoms. The van der Waals surface area contributed by atoms with Gasteiger partial charge < -0.3 is 5.32 Å². The summed E-state index contributed by atoms with van der Waals surface area (Å²) < 4.78 is 80.1. The van der Waals surface area contributed by atoms with Gasteiger partial charge in [0.25, 0.3) is 0 Å². The van der Waals surface area contributed by atoms with Crippen molar-refractivity contribution in [1.29, 1.82) is 0 Å². The molecule has 1 N–H and O–H groups in total. The Morgan fingerprint density at radius 3 is 2.30 bits per heavy atom. The highest BCUT2D eigenvalue weighted by Crippen LogP contribution is 2.37. The van der Waals surface area contributed by atoms with E-state index in [0.29, 0.717) is 47.7 Å². The molecule has 5 nitrogen and oxygen atoms in total. The Labute approximate surface area is 227 Å². The van der Waals surface area contributed by atoms with E-state index in [1.807, 2.05) is 13.8 Å². The van der Waals surface area contributed by atoms with Crippen LogP contribution in [0.2, 0.25) is 0 Å². The molecule has 0 radical (unpaired) electrons. The first-order valence-electron chi connectivity index (χ1n) is 12.5. The maximum absolute atomic E-state index is 13.7. The van der Waals surface area contributed by atoms with Crippen LogP contribution in [-0.4, -0.2) is 39.5 Å². The maximum atomic E-state index is 13.7. The van der Waals surface area contributed by atoms with Crippen LogP contribution in [0.4, 0.5) is 37.8 Å². The van der Waals surface area contributed by atoms with Gasteiger partial charge in [-0.05, 0) is 62.0 Å². The average molecular weight is 560 g/mol. The predicted octanol–water partition coefficient (Wildman–Crippen LogP) is 7.91. The number of anilines is 2. The molecule has 4 aromatic rings. The first kappa shape index (κ1) is 29.0. The first-order valence-corrected chi connectivity index (χ1v) is 12.5. The number of alkyl halides is 6. The zero-order valence-corrected chi connectivity index (χ0v) is 21.9. The van der Waals surface area contributed by atoms with Crippen molar-refractivity contribution in [2.45, 2.75) is 32.6 Å². The largest absolute Gasteiger partial charge is 0.418 e. The summed E-state index contributed by atoms with van der Waals surface area (Å²) in [5.41, 5.74) is 0.0691. The molecule has 2 aromatic heterocycles. The van der Waals surface area contributed by atoms with Crippen molar-refractivity contribution in [3.8, 4) is 11.3 Å². The van der Waals surface area contributed by atoms with E-state index in [-0.39, 0.29) is 11.3 Å². The lowest BCUT2D eigenvalue weighted by molar-refractivity contribution is -0.138. The highest BCUT2D eigenvalue weighted by molar-refractivity contribution is 5.93. The van der Waals surface area contributed by atoms with Crippen LogP contribution in [0.5, 0.6) is 0 Å². The van der Waals surface area contributed by atoms with E-state index in [1.54, 1.807) is 6.07 Å². The van der Waals surface area contributed by atoms with Crippen molar-refractivity contribution >= 4 is 22.4 Å². The van der Waals surface area contributed by atoms with Crippen molar-refractivity contribution in [2.24, 2.45) is 0 Å². The van der Waals surface area contributed by atoms with Gasteiger partial charge in [-0.2, -0.15) is 26.3 Å². The predicted molar refractivity (Wildman–Crippen MR) is 143 cm³/mol. The Kier molecular flexibility index (Phi) is 8.43. The van der Waals surface area contributed by atoms with Gasteiger partial charge in [0.2, 0.25) is 0 Å². The smallest absolute Gasteiger partial charge is 0.340 e. The van der Waals surface area contributed by atoms with E-state index in [1.165, 1.54) is 36.5 Å². The van der Waals surface area contributed by atoms with Crippen molar-refractivity contribution in [3.63, 3.8) is 0 Å². The highest BCUT2D eigenvalue weighted by atomic mass is 19.4. The average Bonchev–Trinajstić information content (AvgIpc) is 2.90. The standard InChI is InChI=1S/C29H27F6N5/c1-4-40(17-18(2)3)15-13-25-38-24-16-19(26-23(29(33,34)35)6-5-14-36-26)7-12-22(24)27(39-25)37-21-10-8-20(9-11-21)28(30,31)32/h5-12,14,16H,2,4,13,15,17H2,1,3H3,(H,37,38,39). The van der Waals surface area contributed by atoms with E-state index in [2.05, 4.69) is 31.7 Å². The van der Waals surface area contributed by atoms with Gasteiger partial charge in [0.05, 0.1) is 22.3 Å². The van der Waals surface area contributed by atoms with Crippen LogP contribution in [0.3, 0.4) is 0 Å². The molecular formula is C29H27F6N5. The Hall–Kier alpha value is -3.99. The summed E-state index contributed by atoms with van der Waals surface area (Å²) in [6.45, 7) is 9.94. The molecule has 0 fully saturated rings. The van der Waals surface area contributed by atoms with Gasteiger partial charge in [-0.25, -0.2) is 9.97 Å². The Morgan fingerprint density at radius 1 is 0.950 bits per heavy atom. The number of hydrogen-bond acceptors (Lipinski definition) is 5. The van der Waals surface area contributed by atoms with Crippen LogP contribution < -0.4 is 5.32 Å². The quantitative estimate of drug-likeness (QED) is 0.167. The van der Waals surface area contributed by atoms with Crippen molar-refractivity contribution < 1.29 is 26.3 Å². The molecule has 0 aliphatic heterocycles. The van der Waals surface area contributed by atoms with Gasteiger partial charge in [0, 0.05) is 42.3 Å². The first-order chi connectivity index (χ1) is 18.8. The second kappa shape index (κ2) is 11.6. The van der Waals surface area contributed by atoms with Gasteiger partial charge in [-0.3, -0.25) is 9.88 Å². The summed E-state index contributed by atoms with van der Waals surface area (Å²) in [6, 6.07) is 11.3. The molecule has 0 unspecified atom stereocenters. The van der Waals surface area contributed by atoms with E-state index in [4.69, 9.17) is 0 Å². The molecule has 2 heterocycles. The van der Waals surface area contributed by atoms with Crippen LogP contribution in [0.1, 0.15) is 30.8 Å². The van der Waals surface area contributed by atoms with E-state index < -0.39 is 23.5 Å². The number of likely N-dealkylation sites (N-methyl/N-ethyl adjacent to an activating group) is 1. The van der Waals surface area contributed by atoms with Gasteiger partial charge in [0.1, 0.15) is 11.6 Å². The van der Waals surface area contributed by atoms with Crippen LogP contribution in [0.25, 0.3) is 22.2 Å². The minimum absolute atomic E-state index is 0.225. The van der Waals surface area contributed by atoms with Crippen molar-refractivity contribution in [1.82, 2.24) is 19.9 Å². The Balaban J connectivity index is 1.77. The summed E-state index contributed by atoms with van der Waals surface area (Å²) in [7, 11) is 0. The second-order valence-corrected chi connectivity index (χ2v) is 9.39. The molecule has 40 heavy (non-hydrogen) atoms. The number of nitrogens with zero attached hydrogens (tertiary/aromatic N) is 4. The van der Waals surface area contributed by atoms with Gasteiger partial charge >= 0.3 is 12.4 Å². The van der Waals surface area contributed by atoms with Crippen LogP contribution >= 0.6 is 0 Å². The number of benzene rings is 2. The summed E-state index contributed by atoms with van der Waals surface area (Å²) in [5, 5.41) is 3.54. The van der Waals surface area contributed by atoms with Crippen LogP contribution in [0, 0.1) is 0 Å². The monoisotopic (exact) mass is 559 g/mol. The summed E-state index contributed by atoms with van der Waals surface area (Å²) in [5.74, 6) is 0.752. The SMILES string of the molecule is C=C(C)CN(CC)CCc1nc(Nc2ccc(C(F)(F)F)cc2)c2ccc(-c3ncccc3C(F)(F)F)cc2n1. The molecule has 0 bridgehead atoms. The Morgan fingerprint density at radius 2 is 1.68 bits per heavy atom. The molecule has 210 valence electrons. The second-order valence-electron chi connectivity index (χ2n) is 9.39. The lowest BCUT2D eigenvalue weighted by atomic mass is 10.0. The molecule has 0 saturated heterocycles. The zero-order valence-electron chi connectivity index (χ0n) is 21.9. The third-order valence-corrected chi connectivity index (χ3v) is 6.20. The van der Waals surface area contributed by atoms with Crippen molar-refractivity contribution in [2.75, 3.05) is 25.0 Å². The molecule has 0 aliphatic carbocycles. The zero-order chi connectivity index (χ0) is 29.1. The molecule has 0 amide bonds. The summed E-state index contributed by atoms with van der Waals surface area (Å²) in [4.78, 5) is 15.4. The molecule has 0 saturated carbocycles. The van der Waals surface area contributed by atoms with E-state index in [0.717, 1.165) is 30.3 Å². The Bertz CT molecular complexity index is 1500. The van der Waals surface area contributed by atoms with Gasteiger partial charge in [-0.15, -0.1) is 0 Å². The minimum atomic E-state index is -4.60. The van der Waals surface area contributed by atoms with Gasteiger partial charge in [-0.1, -0.05) is 25.1 Å². The molecule has 2 aromatic carbocycles. The normalized spacial score (nSPS) is 12.2. The highest BCUT2D eigenvalue weighted by Gasteiger charge is 2.34.